The second kappa shape index (κ2) is 3.83. The van der Waals surface area contributed by atoms with Crippen molar-refractivity contribution < 1.29 is 9.47 Å². The molecule has 0 fully saturated rings. The molecule has 0 saturated heterocycles. The van der Waals surface area contributed by atoms with Gasteiger partial charge in [-0.1, -0.05) is 28.1 Å². The van der Waals surface area contributed by atoms with Crippen LogP contribution < -0.4 is 0 Å². The van der Waals surface area contributed by atoms with Crippen molar-refractivity contribution in [3.8, 4) is 0 Å². The van der Waals surface area contributed by atoms with E-state index in [-0.39, 0.29) is 6.10 Å². The van der Waals surface area contributed by atoms with E-state index in [0.29, 0.717) is 6.61 Å². The molecule has 0 radical (unpaired) electrons. The Bertz CT molecular complexity index is 305. The van der Waals surface area contributed by atoms with Crippen molar-refractivity contribution in [2.75, 3.05) is 6.61 Å². The number of benzene rings is 1. The first-order valence-electron chi connectivity index (χ1n) is 4.04. The van der Waals surface area contributed by atoms with Crippen LogP contribution in [0.1, 0.15) is 11.7 Å². The van der Waals surface area contributed by atoms with E-state index in [1.807, 2.05) is 24.3 Å². The molecule has 1 aliphatic heterocycles. The summed E-state index contributed by atoms with van der Waals surface area (Å²) < 4.78 is 11.6. The predicted molar refractivity (Wildman–Crippen MR) is 53.1 cm³/mol. The molecule has 1 aromatic rings. The summed E-state index contributed by atoms with van der Waals surface area (Å²) in [5.74, 6) is 0. The lowest BCUT2D eigenvalue weighted by molar-refractivity contribution is 0.0326. The fourth-order valence-corrected chi connectivity index (χ4v) is 1.46. The van der Waals surface area contributed by atoms with Gasteiger partial charge in [-0.05, 0) is 17.7 Å². The summed E-state index contributed by atoms with van der Waals surface area (Å²) in [6.45, 7) is 0.581. The van der Waals surface area contributed by atoms with E-state index in [0.717, 1.165) is 10.0 Å². The molecule has 0 amide bonds. The third-order valence-electron chi connectivity index (χ3n) is 1.88. The third kappa shape index (κ3) is 2.04. The summed E-state index contributed by atoms with van der Waals surface area (Å²) in [7, 11) is 0. The van der Waals surface area contributed by atoms with Crippen molar-refractivity contribution >= 4 is 15.9 Å². The standard InChI is InChI=1S/C10H9BrO2/c11-9-3-1-8(2-4-9)10-7-12-5-6-13-10/h1-6,10H,7H2. The minimum Gasteiger partial charge on any atom is -0.494 e. The second-order valence-corrected chi connectivity index (χ2v) is 3.70. The van der Waals surface area contributed by atoms with Crippen LogP contribution in [0.2, 0.25) is 0 Å². The van der Waals surface area contributed by atoms with E-state index < -0.39 is 0 Å². The Labute approximate surface area is 85.3 Å². The Morgan fingerprint density at radius 2 is 1.92 bits per heavy atom. The molecule has 1 unspecified atom stereocenters. The highest BCUT2D eigenvalue weighted by Gasteiger charge is 2.13. The van der Waals surface area contributed by atoms with Gasteiger partial charge >= 0.3 is 0 Å². The van der Waals surface area contributed by atoms with Crippen LogP contribution in [0.3, 0.4) is 0 Å². The first-order valence-corrected chi connectivity index (χ1v) is 4.83. The normalized spacial score (nSPS) is 20.5. The van der Waals surface area contributed by atoms with E-state index in [2.05, 4.69) is 15.9 Å². The average molecular weight is 241 g/mol. The zero-order valence-corrected chi connectivity index (χ0v) is 8.53. The number of halogens is 1. The second-order valence-electron chi connectivity index (χ2n) is 2.78. The molecule has 0 aromatic heterocycles. The molecule has 0 saturated carbocycles. The zero-order chi connectivity index (χ0) is 9.10. The maximum absolute atomic E-state index is 5.38. The van der Waals surface area contributed by atoms with Gasteiger partial charge < -0.3 is 9.47 Å². The summed E-state index contributed by atoms with van der Waals surface area (Å²) in [5.41, 5.74) is 1.13. The molecule has 1 aliphatic rings. The van der Waals surface area contributed by atoms with Gasteiger partial charge in [-0.2, -0.15) is 0 Å². The van der Waals surface area contributed by atoms with Crippen LogP contribution in [0.25, 0.3) is 0 Å². The molecular weight excluding hydrogens is 232 g/mol. The molecule has 1 aromatic carbocycles. The first kappa shape index (κ1) is 8.63. The monoisotopic (exact) mass is 240 g/mol. The molecule has 2 rings (SSSR count). The van der Waals surface area contributed by atoms with Crippen LogP contribution in [0.4, 0.5) is 0 Å². The van der Waals surface area contributed by atoms with Crippen LogP contribution >= 0.6 is 15.9 Å². The summed E-state index contributed by atoms with van der Waals surface area (Å²) >= 11 is 3.38. The Hall–Kier alpha value is -0.960. The van der Waals surface area contributed by atoms with Crippen molar-refractivity contribution in [2.45, 2.75) is 6.10 Å². The predicted octanol–water partition coefficient (Wildman–Crippen LogP) is 3.01. The topological polar surface area (TPSA) is 18.5 Å². The van der Waals surface area contributed by atoms with Gasteiger partial charge in [0.05, 0.1) is 0 Å². The maximum atomic E-state index is 5.38. The summed E-state index contributed by atoms with van der Waals surface area (Å²) in [6.07, 6.45) is 3.17. The van der Waals surface area contributed by atoms with E-state index in [4.69, 9.17) is 9.47 Å². The SMILES string of the molecule is Brc1ccc(C2COC=CO2)cc1. The molecule has 3 heteroatoms. The smallest absolute Gasteiger partial charge is 0.157 e. The van der Waals surface area contributed by atoms with Gasteiger partial charge in [-0.3, -0.25) is 0 Å². The van der Waals surface area contributed by atoms with Crippen molar-refractivity contribution in [2.24, 2.45) is 0 Å². The fraction of sp³-hybridized carbons (Fsp3) is 0.200. The van der Waals surface area contributed by atoms with Gasteiger partial charge in [0.1, 0.15) is 19.1 Å². The van der Waals surface area contributed by atoms with Crippen LogP contribution in [-0.2, 0) is 9.47 Å². The molecule has 0 spiro atoms. The van der Waals surface area contributed by atoms with Gasteiger partial charge in [0.15, 0.2) is 6.10 Å². The number of hydrogen-bond acceptors (Lipinski definition) is 2. The molecule has 13 heavy (non-hydrogen) atoms. The molecule has 0 N–H and O–H groups in total. The van der Waals surface area contributed by atoms with Gasteiger partial charge in [-0.15, -0.1) is 0 Å². The third-order valence-corrected chi connectivity index (χ3v) is 2.41. The zero-order valence-electron chi connectivity index (χ0n) is 6.94. The molecule has 68 valence electrons. The van der Waals surface area contributed by atoms with Crippen molar-refractivity contribution in [1.82, 2.24) is 0 Å². The molecule has 0 aliphatic carbocycles. The maximum Gasteiger partial charge on any atom is 0.157 e. The Morgan fingerprint density at radius 3 is 2.54 bits per heavy atom. The number of hydrogen-bond donors (Lipinski definition) is 0. The van der Waals surface area contributed by atoms with Crippen molar-refractivity contribution in [1.29, 1.82) is 0 Å². The summed E-state index contributed by atoms with van der Waals surface area (Å²) in [5, 5.41) is 0. The van der Waals surface area contributed by atoms with E-state index in [9.17, 15) is 0 Å². The van der Waals surface area contributed by atoms with E-state index in [1.165, 1.54) is 0 Å². The summed E-state index contributed by atoms with van der Waals surface area (Å²) in [6, 6.07) is 8.04. The Morgan fingerprint density at radius 1 is 1.15 bits per heavy atom. The van der Waals surface area contributed by atoms with Crippen molar-refractivity contribution in [3.63, 3.8) is 0 Å². The lowest BCUT2D eigenvalue weighted by Crippen LogP contribution is -2.10. The lowest BCUT2D eigenvalue weighted by atomic mass is 10.1. The first-order chi connectivity index (χ1) is 6.36. The minimum absolute atomic E-state index is 0.0260. The molecule has 0 bridgehead atoms. The lowest BCUT2D eigenvalue weighted by Gasteiger charge is -2.19. The quantitative estimate of drug-likeness (QED) is 0.752. The Kier molecular flexibility index (Phi) is 2.54. The fourth-order valence-electron chi connectivity index (χ4n) is 1.20. The average Bonchev–Trinajstić information content (AvgIpc) is 2.20. The van der Waals surface area contributed by atoms with E-state index >= 15 is 0 Å². The van der Waals surface area contributed by atoms with Crippen molar-refractivity contribution in [3.05, 3.63) is 46.8 Å². The minimum atomic E-state index is 0.0260. The Balaban J connectivity index is 2.15. The molecule has 1 heterocycles. The van der Waals surface area contributed by atoms with Gasteiger partial charge in [0.25, 0.3) is 0 Å². The van der Waals surface area contributed by atoms with Crippen LogP contribution in [-0.4, -0.2) is 6.61 Å². The number of ether oxygens (including phenoxy) is 2. The van der Waals surface area contributed by atoms with Crippen LogP contribution in [0.15, 0.2) is 41.3 Å². The largest absolute Gasteiger partial charge is 0.494 e. The number of rotatable bonds is 1. The van der Waals surface area contributed by atoms with Gasteiger partial charge in [-0.25, -0.2) is 0 Å². The van der Waals surface area contributed by atoms with Gasteiger partial charge in [0.2, 0.25) is 0 Å². The van der Waals surface area contributed by atoms with Gasteiger partial charge in [0, 0.05) is 4.47 Å². The molecule has 1 atom stereocenters. The highest BCUT2D eigenvalue weighted by molar-refractivity contribution is 9.10. The molecular formula is C10H9BrO2. The summed E-state index contributed by atoms with van der Waals surface area (Å²) in [4.78, 5) is 0. The van der Waals surface area contributed by atoms with Crippen LogP contribution in [0.5, 0.6) is 0 Å². The van der Waals surface area contributed by atoms with E-state index in [1.54, 1.807) is 12.5 Å². The highest BCUT2D eigenvalue weighted by Crippen LogP contribution is 2.22. The highest BCUT2D eigenvalue weighted by atomic mass is 79.9. The molecule has 2 nitrogen and oxygen atoms in total. The van der Waals surface area contributed by atoms with Crippen LogP contribution in [0, 0.1) is 0 Å².